The Labute approximate surface area is 106 Å². The highest BCUT2D eigenvalue weighted by Gasteiger charge is 1.98. The van der Waals surface area contributed by atoms with Crippen LogP contribution in [0.4, 0.5) is 0 Å². The summed E-state index contributed by atoms with van der Waals surface area (Å²) in [4.78, 5) is 2.69. The summed E-state index contributed by atoms with van der Waals surface area (Å²) in [5.41, 5.74) is 0. The molecule has 0 fully saturated rings. The molecule has 0 saturated carbocycles. The first-order valence-corrected chi connectivity index (χ1v) is 10.4. The van der Waals surface area contributed by atoms with E-state index in [4.69, 9.17) is 0 Å². The van der Waals surface area contributed by atoms with Crippen molar-refractivity contribution in [1.82, 2.24) is 0 Å². The van der Waals surface area contributed by atoms with Crippen LogP contribution in [0.3, 0.4) is 0 Å². The summed E-state index contributed by atoms with van der Waals surface area (Å²) >= 11 is 3.49. The Kier molecular flexibility index (Phi) is 5.16. The van der Waals surface area contributed by atoms with Crippen LogP contribution in [0.5, 0.6) is 0 Å². The molecule has 14 heavy (non-hydrogen) atoms. The Morgan fingerprint density at radius 2 is 1.29 bits per heavy atom. The molecule has 0 spiro atoms. The van der Waals surface area contributed by atoms with Crippen LogP contribution in [0, 0.1) is 0 Å². The van der Waals surface area contributed by atoms with Gasteiger partial charge >= 0.3 is 0 Å². The summed E-state index contributed by atoms with van der Waals surface area (Å²) in [7, 11) is 7.28. The molecule has 74 valence electrons. The van der Waals surface area contributed by atoms with Gasteiger partial charge in [-0.3, -0.25) is 0 Å². The third kappa shape index (κ3) is 3.75. The first-order valence-electron chi connectivity index (χ1n) is 3.67. The topological polar surface area (TPSA) is 0 Å². The Morgan fingerprint density at radius 3 is 1.64 bits per heavy atom. The van der Waals surface area contributed by atoms with Crippen LogP contribution >= 0.6 is 63.9 Å². The van der Waals surface area contributed by atoms with Gasteiger partial charge in [-0.25, -0.2) is 0 Å². The Morgan fingerprint density at radius 1 is 0.786 bits per heavy atom. The lowest BCUT2D eigenvalue weighted by Crippen LogP contribution is -1.51. The molecule has 0 atom stereocenters. The van der Waals surface area contributed by atoms with Crippen LogP contribution in [0.2, 0.25) is 0 Å². The van der Waals surface area contributed by atoms with E-state index in [9.17, 15) is 0 Å². The summed E-state index contributed by atoms with van der Waals surface area (Å²) < 4.78 is 0. The summed E-state index contributed by atoms with van der Waals surface area (Å²) in [6.45, 7) is 0. The maximum absolute atomic E-state index is 2.17. The van der Waals surface area contributed by atoms with Gasteiger partial charge in [0.1, 0.15) is 0 Å². The fourth-order valence-corrected chi connectivity index (χ4v) is 8.11. The lowest BCUT2D eigenvalue weighted by atomic mass is 10.7. The zero-order valence-electron chi connectivity index (χ0n) is 6.91. The van der Waals surface area contributed by atoms with Crippen molar-refractivity contribution in [3.05, 3.63) is 33.7 Å². The molecule has 0 unspecified atom stereocenters. The molecule has 2 heterocycles. The van der Waals surface area contributed by atoms with Gasteiger partial charge in [0.2, 0.25) is 0 Å². The first kappa shape index (κ1) is 11.3. The third-order valence-electron chi connectivity index (χ3n) is 1.28. The molecule has 0 amide bonds. The van der Waals surface area contributed by atoms with Crippen LogP contribution in [-0.2, 0) is 0 Å². The van der Waals surface area contributed by atoms with Gasteiger partial charge in [-0.05, 0) is 64.1 Å². The lowest BCUT2D eigenvalue weighted by molar-refractivity contribution is 1.62. The van der Waals surface area contributed by atoms with Crippen LogP contribution in [-0.4, -0.2) is 0 Å². The maximum atomic E-state index is 2.17. The minimum atomic E-state index is 1.35. The molecule has 0 aromatic carbocycles. The van der Waals surface area contributed by atoms with Gasteiger partial charge in [-0.15, -0.1) is 0 Å². The van der Waals surface area contributed by atoms with Gasteiger partial charge < -0.3 is 0 Å². The zero-order chi connectivity index (χ0) is 9.64. The van der Waals surface area contributed by atoms with Crippen molar-refractivity contribution in [2.24, 2.45) is 0 Å². The van der Waals surface area contributed by atoms with E-state index in [1.165, 1.54) is 9.79 Å². The molecule has 0 nitrogen and oxygen atoms in total. The second-order valence-electron chi connectivity index (χ2n) is 2.22. The second kappa shape index (κ2) is 6.40. The summed E-state index contributed by atoms with van der Waals surface area (Å²) in [6, 6.07) is 4.30. The van der Waals surface area contributed by atoms with Crippen molar-refractivity contribution in [3.63, 3.8) is 0 Å². The Hall–Kier alpha value is 0.800. The predicted octanol–water partition coefficient (Wildman–Crippen LogP) is 5.91. The zero-order valence-corrected chi connectivity index (χ0v) is 11.8. The molecule has 0 bridgehead atoms. The Bertz CT molecular complexity index is 302. The predicted molar refractivity (Wildman–Crippen MR) is 75.5 cm³/mol. The van der Waals surface area contributed by atoms with E-state index < -0.39 is 0 Å². The third-order valence-corrected chi connectivity index (χ3v) is 8.98. The molecule has 6 heteroatoms. The minimum absolute atomic E-state index is 1.35. The standard InChI is InChI=1S/C8H6S6/c1-3-9-5-7(1)11-13-14-12-8-2-4-10-6-8/h1-6H. The van der Waals surface area contributed by atoms with Crippen molar-refractivity contribution in [1.29, 1.82) is 0 Å². The van der Waals surface area contributed by atoms with Gasteiger partial charge in [0.05, 0.1) is 0 Å². The van der Waals surface area contributed by atoms with E-state index in [2.05, 4.69) is 33.7 Å². The lowest BCUT2D eigenvalue weighted by Gasteiger charge is -1.95. The highest BCUT2D eigenvalue weighted by Crippen LogP contribution is 2.49. The highest BCUT2D eigenvalue weighted by atomic mass is 33.7. The fourth-order valence-electron chi connectivity index (χ4n) is 0.705. The van der Waals surface area contributed by atoms with Gasteiger partial charge in [0, 0.05) is 20.6 Å². The van der Waals surface area contributed by atoms with Gasteiger partial charge in [0.25, 0.3) is 0 Å². The van der Waals surface area contributed by atoms with E-state index in [0.29, 0.717) is 0 Å². The van der Waals surface area contributed by atoms with Gasteiger partial charge in [-0.2, -0.15) is 22.7 Å². The molecule has 2 aromatic rings. The quantitative estimate of drug-likeness (QED) is 0.496. The van der Waals surface area contributed by atoms with Crippen LogP contribution < -0.4 is 0 Å². The monoisotopic (exact) mass is 294 g/mol. The van der Waals surface area contributed by atoms with Gasteiger partial charge in [0.15, 0.2) is 0 Å². The van der Waals surface area contributed by atoms with E-state index in [1.807, 2.05) is 41.2 Å². The van der Waals surface area contributed by atoms with E-state index in [-0.39, 0.29) is 0 Å². The first-order chi connectivity index (χ1) is 6.95. The molecule has 0 N–H and O–H groups in total. The highest BCUT2D eigenvalue weighted by molar-refractivity contribution is 9.26. The van der Waals surface area contributed by atoms with Crippen molar-refractivity contribution in [2.75, 3.05) is 0 Å². The number of hydrogen-bond donors (Lipinski definition) is 0. The molecule has 0 aliphatic heterocycles. The summed E-state index contributed by atoms with van der Waals surface area (Å²) in [5, 5.41) is 8.57. The molecular weight excluding hydrogens is 288 g/mol. The Balaban J connectivity index is 1.65. The van der Waals surface area contributed by atoms with Crippen LogP contribution in [0.15, 0.2) is 43.4 Å². The normalized spacial score (nSPS) is 10.6. The number of thiophene rings is 2. The molecule has 0 aliphatic carbocycles. The van der Waals surface area contributed by atoms with Gasteiger partial charge in [-0.1, -0.05) is 0 Å². The van der Waals surface area contributed by atoms with E-state index in [0.717, 1.165) is 0 Å². The molecule has 0 radical (unpaired) electrons. The number of hydrogen-bond acceptors (Lipinski definition) is 6. The van der Waals surface area contributed by atoms with Crippen molar-refractivity contribution in [3.8, 4) is 0 Å². The largest absolute Gasteiger partial charge is 0.151 e. The number of rotatable bonds is 5. The van der Waals surface area contributed by atoms with E-state index >= 15 is 0 Å². The van der Waals surface area contributed by atoms with Crippen molar-refractivity contribution in [2.45, 2.75) is 9.79 Å². The van der Waals surface area contributed by atoms with Crippen molar-refractivity contribution >= 4 is 63.9 Å². The second-order valence-corrected chi connectivity index (χ2v) is 9.60. The average molecular weight is 295 g/mol. The minimum Gasteiger partial charge on any atom is -0.151 e. The average Bonchev–Trinajstić information content (AvgIpc) is 2.86. The smallest absolute Gasteiger partial charge is 0.0298 e. The van der Waals surface area contributed by atoms with Crippen LogP contribution in [0.1, 0.15) is 0 Å². The van der Waals surface area contributed by atoms with E-state index in [1.54, 1.807) is 22.7 Å². The fraction of sp³-hybridized carbons (Fsp3) is 0. The molecule has 0 aliphatic rings. The molecule has 0 saturated heterocycles. The molecular formula is C8H6S6. The SMILES string of the molecule is c1cc(SSSSc2ccsc2)cs1. The molecule has 2 rings (SSSR count). The van der Waals surface area contributed by atoms with Crippen LogP contribution in [0.25, 0.3) is 0 Å². The molecule has 2 aromatic heterocycles. The summed E-state index contributed by atoms with van der Waals surface area (Å²) in [5.74, 6) is 0. The maximum Gasteiger partial charge on any atom is 0.0298 e. The summed E-state index contributed by atoms with van der Waals surface area (Å²) in [6.07, 6.45) is 0. The van der Waals surface area contributed by atoms with Crippen molar-refractivity contribution < 1.29 is 0 Å².